The van der Waals surface area contributed by atoms with Gasteiger partial charge in [-0.2, -0.15) is 0 Å². The lowest BCUT2D eigenvalue weighted by Crippen LogP contribution is -2.33. The Morgan fingerprint density at radius 2 is 1.86 bits per heavy atom. The molecule has 0 fully saturated rings. The van der Waals surface area contributed by atoms with Gasteiger partial charge in [-0.1, -0.05) is 24.3 Å². The van der Waals surface area contributed by atoms with Gasteiger partial charge in [-0.05, 0) is 58.1 Å². The molecule has 0 saturated carbocycles. The minimum atomic E-state index is -0.318. The molecule has 3 aromatic rings. The maximum Gasteiger partial charge on any atom is 0.258 e. The number of rotatable bonds is 6. The van der Waals surface area contributed by atoms with Crippen LogP contribution in [0.15, 0.2) is 64.0 Å². The average molecular weight is 442 g/mol. The molecule has 0 atom stereocenters. The van der Waals surface area contributed by atoms with Crippen LogP contribution in [0.2, 0.25) is 0 Å². The van der Waals surface area contributed by atoms with Crippen LogP contribution in [0, 0.1) is 6.92 Å². The molecule has 144 valence electrons. The van der Waals surface area contributed by atoms with Gasteiger partial charge >= 0.3 is 0 Å². The minimum absolute atomic E-state index is 0.0885. The fraction of sp³-hybridized carbons (Fsp3) is 0.190. The molecule has 0 unspecified atom stereocenters. The standard InChI is InChI=1S/C21H20BrN3O3/c1-14-6-7-18(17(22)12-14)24-19(26)8-10-23-20(27)13-25-11-9-15-4-2-3-5-16(15)21(25)28/h2-7,9,11-12H,8,10,13H2,1H3,(H,23,27)(H,24,26). The first kappa shape index (κ1) is 19.8. The number of anilines is 1. The fourth-order valence-corrected chi connectivity index (χ4v) is 3.41. The second-order valence-electron chi connectivity index (χ2n) is 6.47. The Bertz CT molecular complexity index is 1090. The molecule has 0 radical (unpaired) electrons. The Morgan fingerprint density at radius 3 is 2.64 bits per heavy atom. The first-order chi connectivity index (χ1) is 13.4. The number of amides is 2. The van der Waals surface area contributed by atoms with Crippen LogP contribution in [-0.2, 0) is 16.1 Å². The molecule has 7 heteroatoms. The van der Waals surface area contributed by atoms with Crippen molar-refractivity contribution < 1.29 is 9.59 Å². The summed E-state index contributed by atoms with van der Waals surface area (Å²) >= 11 is 3.41. The molecule has 2 N–H and O–H groups in total. The minimum Gasteiger partial charge on any atom is -0.354 e. The number of fused-ring (bicyclic) bond motifs is 1. The van der Waals surface area contributed by atoms with Crippen molar-refractivity contribution in [1.29, 1.82) is 0 Å². The maximum atomic E-state index is 12.4. The molecule has 0 aliphatic carbocycles. The molecular formula is C21H20BrN3O3. The zero-order valence-electron chi connectivity index (χ0n) is 15.4. The Balaban J connectivity index is 1.51. The highest BCUT2D eigenvalue weighted by Crippen LogP contribution is 2.23. The molecule has 28 heavy (non-hydrogen) atoms. The summed E-state index contributed by atoms with van der Waals surface area (Å²) < 4.78 is 2.17. The molecule has 0 aliphatic rings. The van der Waals surface area contributed by atoms with Gasteiger partial charge in [-0.15, -0.1) is 0 Å². The van der Waals surface area contributed by atoms with E-state index >= 15 is 0 Å². The van der Waals surface area contributed by atoms with Crippen molar-refractivity contribution in [2.45, 2.75) is 19.9 Å². The number of nitrogens with one attached hydrogen (secondary N) is 2. The number of carbonyl (C=O) groups excluding carboxylic acids is 2. The highest BCUT2D eigenvalue weighted by atomic mass is 79.9. The summed E-state index contributed by atoms with van der Waals surface area (Å²) in [6.07, 6.45) is 1.74. The van der Waals surface area contributed by atoms with Crippen LogP contribution in [0.5, 0.6) is 0 Å². The van der Waals surface area contributed by atoms with E-state index in [-0.39, 0.29) is 36.9 Å². The second kappa shape index (κ2) is 8.84. The highest BCUT2D eigenvalue weighted by Gasteiger charge is 2.09. The molecule has 3 rings (SSSR count). The van der Waals surface area contributed by atoms with Crippen molar-refractivity contribution in [3.8, 4) is 0 Å². The number of hydrogen-bond donors (Lipinski definition) is 2. The molecular weight excluding hydrogens is 422 g/mol. The number of hydrogen-bond acceptors (Lipinski definition) is 3. The molecule has 0 spiro atoms. The first-order valence-corrected chi connectivity index (χ1v) is 9.64. The third kappa shape index (κ3) is 4.86. The molecule has 2 amide bonds. The van der Waals surface area contributed by atoms with E-state index in [9.17, 15) is 14.4 Å². The lowest BCUT2D eigenvalue weighted by Gasteiger charge is -2.10. The van der Waals surface area contributed by atoms with Crippen LogP contribution in [0.4, 0.5) is 5.69 Å². The van der Waals surface area contributed by atoms with Crippen molar-refractivity contribution in [3.05, 3.63) is 75.1 Å². The van der Waals surface area contributed by atoms with Gasteiger partial charge in [0.25, 0.3) is 5.56 Å². The Kier molecular flexibility index (Phi) is 6.26. The summed E-state index contributed by atoms with van der Waals surface area (Å²) in [6, 6.07) is 14.7. The molecule has 1 aromatic heterocycles. The number of aromatic nitrogens is 1. The van der Waals surface area contributed by atoms with E-state index in [4.69, 9.17) is 0 Å². The molecule has 0 bridgehead atoms. The summed E-state index contributed by atoms with van der Waals surface area (Å²) in [5.74, 6) is -0.519. The molecule has 0 saturated heterocycles. The van der Waals surface area contributed by atoms with Gasteiger partial charge in [0, 0.05) is 29.0 Å². The SMILES string of the molecule is Cc1ccc(NC(=O)CCNC(=O)Cn2ccc3ccccc3c2=O)c(Br)c1. The predicted octanol–water partition coefficient (Wildman–Crippen LogP) is 3.22. The van der Waals surface area contributed by atoms with Crippen molar-refractivity contribution >= 4 is 44.2 Å². The van der Waals surface area contributed by atoms with Crippen LogP contribution < -0.4 is 16.2 Å². The summed E-state index contributed by atoms with van der Waals surface area (Å²) in [7, 11) is 0. The molecule has 1 heterocycles. The Morgan fingerprint density at radius 1 is 1.07 bits per heavy atom. The van der Waals surface area contributed by atoms with Gasteiger partial charge in [-0.25, -0.2) is 0 Å². The van der Waals surface area contributed by atoms with Gasteiger partial charge in [-0.3, -0.25) is 14.4 Å². The summed E-state index contributed by atoms with van der Waals surface area (Å²) in [6.45, 7) is 2.07. The summed E-state index contributed by atoms with van der Waals surface area (Å²) in [4.78, 5) is 36.6. The van der Waals surface area contributed by atoms with Crippen molar-refractivity contribution in [1.82, 2.24) is 9.88 Å². The van der Waals surface area contributed by atoms with E-state index < -0.39 is 0 Å². The van der Waals surface area contributed by atoms with Crippen molar-refractivity contribution in [2.75, 3.05) is 11.9 Å². The Labute approximate surface area is 170 Å². The average Bonchev–Trinajstić information content (AvgIpc) is 2.66. The van der Waals surface area contributed by atoms with Gasteiger partial charge in [0.05, 0.1) is 5.69 Å². The topological polar surface area (TPSA) is 80.2 Å². The quantitative estimate of drug-likeness (QED) is 0.616. The van der Waals surface area contributed by atoms with E-state index in [0.717, 1.165) is 15.4 Å². The zero-order valence-corrected chi connectivity index (χ0v) is 17.0. The normalized spacial score (nSPS) is 10.6. The first-order valence-electron chi connectivity index (χ1n) is 8.85. The molecule has 6 nitrogen and oxygen atoms in total. The number of carbonyl (C=O) groups is 2. The van der Waals surface area contributed by atoms with E-state index in [0.29, 0.717) is 11.1 Å². The van der Waals surface area contributed by atoms with Crippen molar-refractivity contribution in [2.24, 2.45) is 0 Å². The third-order valence-corrected chi connectivity index (χ3v) is 4.93. The van der Waals surface area contributed by atoms with Gasteiger partial charge < -0.3 is 15.2 Å². The van der Waals surface area contributed by atoms with E-state index in [1.807, 2.05) is 37.3 Å². The second-order valence-corrected chi connectivity index (χ2v) is 7.32. The number of pyridine rings is 1. The van der Waals surface area contributed by atoms with Gasteiger partial charge in [0.2, 0.25) is 11.8 Å². The number of nitrogens with zero attached hydrogens (tertiary/aromatic N) is 1. The fourth-order valence-electron chi connectivity index (χ4n) is 2.81. The zero-order chi connectivity index (χ0) is 20.1. The van der Waals surface area contributed by atoms with Crippen molar-refractivity contribution in [3.63, 3.8) is 0 Å². The van der Waals surface area contributed by atoms with Crippen LogP contribution in [0.1, 0.15) is 12.0 Å². The number of benzene rings is 2. The lowest BCUT2D eigenvalue weighted by atomic mass is 10.2. The summed E-state index contributed by atoms with van der Waals surface area (Å²) in [5.41, 5.74) is 1.56. The summed E-state index contributed by atoms with van der Waals surface area (Å²) in [5, 5.41) is 6.88. The van der Waals surface area contributed by atoms with E-state index in [2.05, 4.69) is 26.6 Å². The predicted molar refractivity (Wildman–Crippen MR) is 113 cm³/mol. The van der Waals surface area contributed by atoms with Crippen LogP contribution >= 0.6 is 15.9 Å². The maximum absolute atomic E-state index is 12.4. The van der Waals surface area contributed by atoms with E-state index in [1.54, 1.807) is 24.4 Å². The van der Waals surface area contributed by atoms with Crippen LogP contribution in [-0.4, -0.2) is 22.9 Å². The molecule has 0 aliphatic heterocycles. The highest BCUT2D eigenvalue weighted by molar-refractivity contribution is 9.10. The number of halogens is 1. The lowest BCUT2D eigenvalue weighted by molar-refractivity contribution is -0.121. The largest absolute Gasteiger partial charge is 0.354 e. The van der Waals surface area contributed by atoms with Gasteiger partial charge in [0.1, 0.15) is 6.54 Å². The third-order valence-electron chi connectivity index (χ3n) is 4.27. The molecule has 2 aromatic carbocycles. The Hall–Kier alpha value is -2.93. The number of aryl methyl sites for hydroxylation is 1. The van der Waals surface area contributed by atoms with Crippen LogP contribution in [0.3, 0.4) is 0 Å². The van der Waals surface area contributed by atoms with E-state index in [1.165, 1.54) is 4.57 Å². The van der Waals surface area contributed by atoms with Crippen LogP contribution in [0.25, 0.3) is 10.8 Å². The van der Waals surface area contributed by atoms with Gasteiger partial charge in [0.15, 0.2) is 0 Å². The smallest absolute Gasteiger partial charge is 0.258 e. The monoisotopic (exact) mass is 441 g/mol.